The van der Waals surface area contributed by atoms with Crippen molar-refractivity contribution < 1.29 is 83.5 Å². The van der Waals surface area contributed by atoms with Crippen LogP contribution in [0.4, 0.5) is 0 Å². The molecule has 7 amide bonds. The Hall–Kier alpha value is -10.5. The lowest BCUT2D eigenvalue weighted by molar-refractivity contribution is -0.137. The summed E-state index contributed by atoms with van der Waals surface area (Å²) in [7, 11) is 0. The van der Waals surface area contributed by atoms with Crippen LogP contribution >= 0.6 is 23.2 Å². The van der Waals surface area contributed by atoms with E-state index in [1.807, 2.05) is 13.8 Å². The SMILES string of the molecule is CCN(CC)CCCNC(=O)[C@H]1NC(=O)[C@H]2NC(=O)[C@H](NC(=O)[C@@H]3NC(=O)[C@H]4NC(=O)[C@@H](Cc5ccc(c(Cl)c5)Oc5cc3cc(c5O)Oc3ccc(cc3Cl)[C@H]2O)NC(=O)[C@H](N)c2ccc(O)c(c2)Oc2cc(O)cc4c2)c2ccc(O)c(c2)-c2c(O)cc(O)cc21. The minimum atomic E-state index is -2.15. The van der Waals surface area contributed by atoms with Crippen molar-refractivity contribution in [3.05, 3.63) is 164 Å². The van der Waals surface area contributed by atoms with Gasteiger partial charge in [0.25, 0.3) is 0 Å². The molecule has 6 aliphatic rings. The van der Waals surface area contributed by atoms with Crippen molar-refractivity contribution in [3.63, 3.8) is 0 Å². The molecule has 0 unspecified atom stereocenters. The summed E-state index contributed by atoms with van der Waals surface area (Å²) in [5.41, 5.74) is 5.08. The van der Waals surface area contributed by atoms with Gasteiger partial charge in [-0.05, 0) is 144 Å². The molecule has 17 bridgehead atoms. The Kier molecular flexibility index (Phi) is 18.2. The van der Waals surface area contributed by atoms with Crippen LogP contribution in [-0.4, -0.2) is 120 Å². The number of amides is 7. The Morgan fingerprint density at radius 3 is 1.83 bits per heavy atom. The van der Waals surface area contributed by atoms with Gasteiger partial charge in [-0.15, -0.1) is 0 Å². The van der Waals surface area contributed by atoms with E-state index in [0.29, 0.717) is 18.5 Å². The number of nitrogens with zero attached hydrogens (tertiary/aromatic N) is 1. The van der Waals surface area contributed by atoms with Gasteiger partial charge in [0, 0.05) is 36.2 Å². The fourth-order valence-electron chi connectivity index (χ4n) is 11.4. The molecule has 6 heterocycles. The summed E-state index contributed by atoms with van der Waals surface area (Å²) < 4.78 is 18.6. The third-order valence-electron chi connectivity index (χ3n) is 16.3. The topological polar surface area (TPSA) is 402 Å². The van der Waals surface area contributed by atoms with E-state index >= 15 is 19.2 Å². The number of carbonyl (C=O) groups excluding carboxylic acids is 7. The first kappa shape index (κ1) is 64.0. The van der Waals surface area contributed by atoms with Crippen LogP contribution in [0.2, 0.25) is 10.0 Å². The predicted octanol–water partition coefficient (Wildman–Crippen LogP) is 5.75. The van der Waals surface area contributed by atoms with Gasteiger partial charge in [-0.1, -0.05) is 61.3 Å². The molecule has 26 nitrogen and oxygen atoms in total. The molecule has 93 heavy (non-hydrogen) atoms. The molecule has 0 saturated carbocycles. The molecule has 8 atom stereocenters. The molecule has 16 N–H and O–H groups in total. The van der Waals surface area contributed by atoms with Crippen molar-refractivity contribution in [2.75, 3.05) is 26.2 Å². The largest absolute Gasteiger partial charge is 0.508 e. The highest BCUT2D eigenvalue weighted by molar-refractivity contribution is 6.32. The van der Waals surface area contributed by atoms with Crippen molar-refractivity contribution >= 4 is 64.6 Å². The zero-order chi connectivity index (χ0) is 66.3. The fraction of sp³-hybridized carbons (Fsp3) is 0.246. The molecule has 0 radical (unpaired) electrons. The van der Waals surface area contributed by atoms with Gasteiger partial charge in [0.2, 0.25) is 47.1 Å². The molecule has 0 aliphatic carbocycles. The Bertz CT molecular complexity index is 4210. The maximum Gasteiger partial charge on any atom is 0.248 e. The number of aromatic hydroxyl groups is 6. The molecule has 7 aromatic carbocycles. The standard InChI is InChI=1S/C65H61Cl2N9O17/c1-3-76(4-2)15-5-14-69-61(86)55-38-26-35(78)27-44(81)50(38)37-20-30(8-10-42(37)79)52-62(87)75-56(65(90)74-55)57(82)31-9-13-46(40(67)21-31)93-49-24-33-23-48(58(49)83)92-45-12-6-28(16-39(45)66)17-41-59(84)71-53(63(88)73-54(33)64(89)72-52)32-18-34(77)25-36(19-32)91-47-22-29(7-11-43(47)80)51(68)60(85)70-41/h6-13,16,18-27,41,51-57,77-83H,3-5,14-15,17,68H2,1-2H3,(H,69,86)(H,70,85)(H,71,84)(H,72,89)(H,73,88)(H,74,90)(H,75,87)/t41-,51-,52-,53+,54-,55+,56+,57-/m1/s1. The monoisotopic (exact) mass is 1310 g/mol. The van der Waals surface area contributed by atoms with Gasteiger partial charge < -0.3 is 97.8 Å². The molecule has 482 valence electrons. The van der Waals surface area contributed by atoms with Crippen LogP contribution in [-0.2, 0) is 40.0 Å². The number of ether oxygens (including phenoxy) is 3. The molecular weight excluding hydrogens is 1250 g/mol. The van der Waals surface area contributed by atoms with Crippen LogP contribution in [0.1, 0.15) is 95.5 Å². The Labute approximate surface area is 539 Å². The number of hydrogen-bond acceptors (Lipinski definition) is 19. The lowest BCUT2D eigenvalue weighted by Crippen LogP contribution is -2.56. The highest BCUT2D eigenvalue weighted by Gasteiger charge is 2.41. The lowest BCUT2D eigenvalue weighted by Gasteiger charge is -2.31. The average Bonchev–Trinajstić information content (AvgIpc) is 0.784. The first-order valence-electron chi connectivity index (χ1n) is 29.3. The second kappa shape index (κ2) is 26.4. The summed E-state index contributed by atoms with van der Waals surface area (Å²) in [6.07, 6.45) is -1.97. The van der Waals surface area contributed by atoms with Gasteiger partial charge in [-0.25, -0.2) is 0 Å². The number of fused-ring (bicyclic) bond motifs is 14. The summed E-state index contributed by atoms with van der Waals surface area (Å²) in [5, 5.41) is 99.3. The number of carbonyl (C=O) groups is 7. The molecule has 6 aliphatic heterocycles. The van der Waals surface area contributed by atoms with Gasteiger partial charge in [0.1, 0.15) is 88.6 Å². The first-order valence-corrected chi connectivity index (χ1v) is 30.0. The number of halogens is 2. The number of aliphatic hydroxyl groups excluding tert-OH is 1. The summed E-state index contributed by atoms with van der Waals surface area (Å²) in [4.78, 5) is 108. The number of phenols is 6. The molecule has 0 aromatic heterocycles. The van der Waals surface area contributed by atoms with Gasteiger partial charge in [0.05, 0.1) is 10.0 Å². The van der Waals surface area contributed by atoms with E-state index in [-0.39, 0.29) is 90.5 Å². The molecule has 0 fully saturated rings. The smallest absolute Gasteiger partial charge is 0.248 e. The summed E-state index contributed by atoms with van der Waals surface area (Å²) in [6.45, 7) is 6.03. The minimum absolute atomic E-state index is 0.0667. The van der Waals surface area contributed by atoms with Crippen molar-refractivity contribution in [3.8, 4) is 80.1 Å². The lowest BCUT2D eigenvalue weighted by atomic mass is 9.89. The highest BCUT2D eigenvalue weighted by Crippen LogP contribution is 2.48. The first-order chi connectivity index (χ1) is 44.4. The predicted molar refractivity (Wildman–Crippen MR) is 333 cm³/mol. The van der Waals surface area contributed by atoms with E-state index in [9.17, 15) is 50.1 Å². The van der Waals surface area contributed by atoms with E-state index in [4.69, 9.17) is 43.1 Å². The number of hydrogen-bond donors (Lipinski definition) is 15. The van der Waals surface area contributed by atoms with Crippen molar-refractivity contribution in [1.82, 2.24) is 42.1 Å². The Morgan fingerprint density at radius 1 is 0.559 bits per heavy atom. The highest BCUT2D eigenvalue weighted by atomic mass is 35.5. The van der Waals surface area contributed by atoms with Crippen molar-refractivity contribution in [2.45, 2.75) is 75.1 Å². The third-order valence-corrected chi connectivity index (χ3v) is 16.9. The third kappa shape index (κ3) is 13.3. The Morgan fingerprint density at radius 2 is 1.15 bits per heavy atom. The number of rotatable bonds is 7. The van der Waals surface area contributed by atoms with E-state index in [1.165, 1.54) is 66.7 Å². The number of nitrogens with two attached hydrogens (primary N) is 1. The fourth-order valence-corrected chi connectivity index (χ4v) is 11.9. The number of phenolic OH excluding ortho intramolecular Hbond substituents is 6. The van der Waals surface area contributed by atoms with Crippen LogP contribution in [0.5, 0.6) is 69.0 Å². The van der Waals surface area contributed by atoms with Crippen molar-refractivity contribution in [2.24, 2.45) is 5.73 Å². The summed E-state index contributed by atoms with van der Waals surface area (Å²) >= 11 is 13.8. The molecule has 7 aromatic rings. The Balaban J connectivity index is 1.11. The van der Waals surface area contributed by atoms with Crippen LogP contribution in [0.15, 0.2) is 115 Å². The van der Waals surface area contributed by atoms with Gasteiger partial charge in [-0.3, -0.25) is 33.6 Å². The van der Waals surface area contributed by atoms with E-state index in [0.717, 1.165) is 61.6 Å². The molecule has 0 spiro atoms. The second-order valence-electron chi connectivity index (χ2n) is 22.4. The van der Waals surface area contributed by atoms with Gasteiger partial charge in [-0.2, -0.15) is 0 Å². The number of nitrogens with one attached hydrogen (secondary N) is 7. The van der Waals surface area contributed by atoms with Crippen LogP contribution in [0, 0.1) is 0 Å². The van der Waals surface area contributed by atoms with Crippen LogP contribution in [0.25, 0.3) is 11.1 Å². The maximum absolute atomic E-state index is 15.9. The average molecular weight is 1310 g/mol. The molecule has 0 saturated heterocycles. The molecule has 28 heteroatoms. The van der Waals surface area contributed by atoms with E-state index in [1.54, 1.807) is 0 Å². The normalized spacial score (nSPS) is 21.2. The molecule has 13 rings (SSSR count). The summed E-state index contributed by atoms with van der Waals surface area (Å²) in [6, 6.07) is 9.48. The second-order valence-corrected chi connectivity index (χ2v) is 23.2. The van der Waals surface area contributed by atoms with E-state index < -0.39 is 136 Å². The zero-order valence-electron chi connectivity index (χ0n) is 49.3. The van der Waals surface area contributed by atoms with E-state index in [2.05, 4.69) is 42.1 Å². The van der Waals surface area contributed by atoms with Crippen LogP contribution < -0.4 is 57.2 Å². The quantitative estimate of drug-likeness (QED) is 0.0845. The molecular formula is C65H61Cl2N9O17. The minimum Gasteiger partial charge on any atom is -0.508 e. The number of benzene rings is 7. The van der Waals surface area contributed by atoms with Crippen LogP contribution in [0.3, 0.4) is 0 Å². The zero-order valence-corrected chi connectivity index (χ0v) is 50.8. The van der Waals surface area contributed by atoms with Crippen molar-refractivity contribution in [1.29, 1.82) is 0 Å². The van der Waals surface area contributed by atoms with Gasteiger partial charge in [0.15, 0.2) is 23.0 Å². The number of aliphatic hydroxyl groups is 1. The maximum atomic E-state index is 15.9. The summed E-state index contributed by atoms with van der Waals surface area (Å²) in [5.74, 6) is -13.3. The van der Waals surface area contributed by atoms with Gasteiger partial charge >= 0.3 is 0 Å².